The maximum atomic E-state index is 13.7. The van der Waals surface area contributed by atoms with Crippen molar-refractivity contribution in [3.8, 4) is 0 Å². The molecule has 0 spiro atoms. The highest BCUT2D eigenvalue weighted by Gasteiger charge is 2.35. The summed E-state index contributed by atoms with van der Waals surface area (Å²) in [6.45, 7) is 2.00. The van der Waals surface area contributed by atoms with Crippen LogP contribution in [0.5, 0.6) is 0 Å². The molecule has 0 radical (unpaired) electrons. The third kappa shape index (κ3) is 5.74. The lowest BCUT2D eigenvalue weighted by Crippen LogP contribution is -2.46. The highest BCUT2D eigenvalue weighted by atomic mass is 32.1. The number of carbonyl (C=O) groups is 3. The van der Waals surface area contributed by atoms with Crippen LogP contribution in [0.15, 0.2) is 59.3 Å². The fourth-order valence-corrected chi connectivity index (χ4v) is 5.76. The first-order chi connectivity index (χ1) is 16.6. The molecule has 2 heterocycles. The topological polar surface area (TPSA) is 75.7 Å². The van der Waals surface area contributed by atoms with Crippen molar-refractivity contribution in [2.45, 2.75) is 51.1 Å². The Kier molecular flexibility index (Phi) is 8.13. The Morgan fingerprint density at radius 3 is 2.50 bits per heavy atom. The molecule has 4 rings (SSSR count). The fourth-order valence-electron chi connectivity index (χ4n) is 4.25. The summed E-state index contributed by atoms with van der Waals surface area (Å²) < 4.78 is 5.16. The molecule has 0 unspecified atom stereocenters. The zero-order valence-electron chi connectivity index (χ0n) is 19.1. The lowest BCUT2D eigenvalue weighted by atomic mass is 10.1. The first kappa shape index (κ1) is 24.2. The van der Waals surface area contributed by atoms with Gasteiger partial charge in [0.15, 0.2) is 0 Å². The molecule has 1 aliphatic rings. The summed E-state index contributed by atoms with van der Waals surface area (Å²) in [5, 5.41) is 7.01. The minimum atomic E-state index is -0.828. The number of benzene rings is 1. The minimum Gasteiger partial charge on any atom is -0.462 e. The standard InChI is InChI=1S/C26H28N2O4S2/c1-2-32-26(31)18-8-5-11-20(16-18)28(23(29)17-21-12-6-14-33-21)24(22-13-7-15-34-22)25(30)27-19-9-3-4-10-19/h5-8,11-16,19,24H,2-4,9-10,17H2,1H3,(H,27,30)/t24-/m1/s1. The molecule has 1 aliphatic carbocycles. The molecule has 1 fully saturated rings. The third-order valence-corrected chi connectivity index (χ3v) is 7.63. The minimum absolute atomic E-state index is 0.120. The Bertz CT molecular complexity index is 1110. The van der Waals surface area contributed by atoms with Crippen molar-refractivity contribution in [2.24, 2.45) is 0 Å². The lowest BCUT2D eigenvalue weighted by molar-refractivity contribution is -0.126. The smallest absolute Gasteiger partial charge is 0.338 e. The van der Waals surface area contributed by atoms with Crippen LogP contribution in [0.25, 0.3) is 0 Å². The van der Waals surface area contributed by atoms with E-state index in [-0.39, 0.29) is 30.9 Å². The molecule has 2 aromatic heterocycles. The van der Waals surface area contributed by atoms with E-state index in [4.69, 9.17) is 4.74 Å². The van der Waals surface area contributed by atoms with Crippen molar-refractivity contribution in [1.82, 2.24) is 5.32 Å². The summed E-state index contributed by atoms with van der Waals surface area (Å²) in [4.78, 5) is 43.0. The number of nitrogens with zero attached hydrogens (tertiary/aromatic N) is 1. The predicted molar refractivity (Wildman–Crippen MR) is 135 cm³/mol. The van der Waals surface area contributed by atoms with Gasteiger partial charge in [-0.3, -0.25) is 14.5 Å². The van der Waals surface area contributed by atoms with Crippen molar-refractivity contribution in [3.05, 3.63) is 74.6 Å². The number of nitrogens with one attached hydrogen (secondary N) is 1. The Hall–Kier alpha value is -2.97. The van der Waals surface area contributed by atoms with E-state index in [2.05, 4.69) is 5.32 Å². The normalized spacial score (nSPS) is 14.5. The number of amides is 2. The van der Waals surface area contributed by atoms with E-state index in [9.17, 15) is 14.4 Å². The maximum absolute atomic E-state index is 13.7. The number of carbonyl (C=O) groups excluding carboxylic acids is 3. The van der Waals surface area contributed by atoms with Crippen LogP contribution < -0.4 is 10.2 Å². The van der Waals surface area contributed by atoms with Gasteiger partial charge >= 0.3 is 5.97 Å². The number of rotatable bonds is 9. The van der Waals surface area contributed by atoms with Gasteiger partial charge in [0, 0.05) is 21.5 Å². The number of hydrogen-bond donors (Lipinski definition) is 1. The van der Waals surface area contributed by atoms with E-state index in [1.807, 2.05) is 35.0 Å². The van der Waals surface area contributed by atoms with E-state index in [0.29, 0.717) is 11.3 Å². The Morgan fingerprint density at radius 1 is 1.06 bits per heavy atom. The van der Waals surface area contributed by atoms with Crippen LogP contribution in [0.4, 0.5) is 5.69 Å². The molecule has 8 heteroatoms. The summed E-state index contributed by atoms with van der Waals surface area (Å²) in [7, 11) is 0. The van der Waals surface area contributed by atoms with E-state index in [1.165, 1.54) is 22.7 Å². The van der Waals surface area contributed by atoms with Gasteiger partial charge in [0.25, 0.3) is 0 Å². The second-order valence-electron chi connectivity index (χ2n) is 8.20. The van der Waals surface area contributed by atoms with Gasteiger partial charge in [-0.1, -0.05) is 31.0 Å². The van der Waals surface area contributed by atoms with E-state index >= 15 is 0 Å². The van der Waals surface area contributed by atoms with Crippen LogP contribution in [0, 0.1) is 0 Å². The molecule has 1 aromatic carbocycles. The number of anilines is 1. The molecule has 6 nitrogen and oxygen atoms in total. The van der Waals surface area contributed by atoms with Crippen molar-refractivity contribution >= 4 is 46.1 Å². The second-order valence-corrected chi connectivity index (χ2v) is 10.2. The second kappa shape index (κ2) is 11.4. The molecule has 0 saturated heterocycles. The zero-order valence-corrected chi connectivity index (χ0v) is 20.7. The molecule has 1 saturated carbocycles. The summed E-state index contributed by atoms with van der Waals surface area (Å²) in [5.74, 6) is -0.864. The predicted octanol–water partition coefficient (Wildman–Crippen LogP) is 5.36. The first-order valence-electron chi connectivity index (χ1n) is 11.5. The molecule has 1 atom stereocenters. The zero-order chi connectivity index (χ0) is 23.9. The Labute approximate surface area is 207 Å². The van der Waals surface area contributed by atoms with Crippen LogP contribution in [0.1, 0.15) is 58.8 Å². The van der Waals surface area contributed by atoms with Crippen molar-refractivity contribution < 1.29 is 19.1 Å². The molecule has 3 aromatic rings. The van der Waals surface area contributed by atoms with Crippen molar-refractivity contribution in [2.75, 3.05) is 11.5 Å². The van der Waals surface area contributed by atoms with Crippen LogP contribution in [0.3, 0.4) is 0 Å². The molecule has 178 valence electrons. The lowest BCUT2D eigenvalue weighted by Gasteiger charge is -2.31. The van der Waals surface area contributed by atoms with E-state index in [1.54, 1.807) is 36.1 Å². The van der Waals surface area contributed by atoms with Gasteiger partial charge in [-0.2, -0.15) is 0 Å². The molecule has 0 bridgehead atoms. The Balaban J connectivity index is 1.74. The number of thiophene rings is 2. The van der Waals surface area contributed by atoms with Crippen LogP contribution in [-0.4, -0.2) is 30.4 Å². The average Bonchev–Trinajstić information content (AvgIpc) is 3.61. The molecule has 2 amide bonds. The van der Waals surface area contributed by atoms with E-state index in [0.717, 1.165) is 35.4 Å². The SMILES string of the molecule is CCOC(=O)c1cccc(N(C(=O)Cc2cccs2)[C@@H](C(=O)NC2CCCC2)c2cccs2)c1. The van der Waals surface area contributed by atoms with Crippen molar-refractivity contribution in [3.63, 3.8) is 0 Å². The van der Waals surface area contributed by atoms with Crippen LogP contribution in [-0.2, 0) is 20.7 Å². The van der Waals surface area contributed by atoms with Gasteiger partial charge in [-0.05, 0) is 60.9 Å². The van der Waals surface area contributed by atoms with Gasteiger partial charge < -0.3 is 10.1 Å². The number of hydrogen-bond acceptors (Lipinski definition) is 6. The number of esters is 1. The van der Waals surface area contributed by atoms with Gasteiger partial charge in [-0.25, -0.2) is 4.79 Å². The Morgan fingerprint density at radius 2 is 1.82 bits per heavy atom. The monoisotopic (exact) mass is 496 g/mol. The molecular weight excluding hydrogens is 468 g/mol. The van der Waals surface area contributed by atoms with Crippen molar-refractivity contribution in [1.29, 1.82) is 0 Å². The highest BCUT2D eigenvalue weighted by molar-refractivity contribution is 7.10. The summed E-state index contributed by atoms with van der Waals surface area (Å²) >= 11 is 2.94. The quantitative estimate of drug-likeness (QED) is 0.405. The van der Waals surface area contributed by atoms with Gasteiger partial charge in [-0.15, -0.1) is 22.7 Å². The summed E-state index contributed by atoms with van der Waals surface area (Å²) in [6.07, 6.45) is 4.25. The average molecular weight is 497 g/mol. The maximum Gasteiger partial charge on any atom is 0.338 e. The molecule has 1 N–H and O–H groups in total. The molecular formula is C26H28N2O4S2. The summed E-state index contributed by atoms with van der Waals surface area (Å²) in [6, 6.07) is 13.6. The first-order valence-corrected chi connectivity index (χ1v) is 13.3. The van der Waals surface area contributed by atoms with Crippen LogP contribution in [0.2, 0.25) is 0 Å². The number of ether oxygens (including phenoxy) is 1. The van der Waals surface area contributed by atoms with Crippen LogP contribution >= 0.6 is 22.7 Å². The molecule has 0 aliphatic heterocycles. The van der Waals surface area contributed by atoms with Gasteiger partial charge in [0.05, 0.1) is 18.6 Å². The van der Waals surface area contributed by atoms with E-state index < -0.39 is 12.0 Å². The van der Waals surface area contributed by atoms with Gasteiger partial charge in [0.1, 0.15) is 6.04 Å². The summed E-state index contributed by atoms with van der Waals surface area (Å²) in [5.41, 5.74) is 0.835. The third-order valence-electron chi connectivity index (χ3n) is 5.83. The fraction of sp³-hybridized carbons (Fsp3) is 0.346. The largest absolute Gasteiger partial charge is 0.462 e. The molecule has 34 heavy (non-hydrogen) atoms. The highest BCUT2D eigenvalue weighted by Crippen LogP contribution is 2.33. The van der Waals surface area contributed by atoms with Gasteiger partial charge in [0.2, 0.25) is 11.8 Å².